The number of halogens is 2. The van der Waals surface area contributed by atoms with Crippen molar-refractivity contribution in [3.05, 3.63) is 33.9 Å². The molecule has 1 atom stereocenters. The number of rotatable bonds is 6. The summed E-state index contributed by atoms with van der Waals surface area (Å²) in [6, 6.07) is 1.59. The van der Waals surface area contributed by atoms with E-state index in [0.717, 1.165) is 24.5 Å². The second kappa shape index (κ2) is 10.2. The van der Waals surface area contributed by atoms with E-state index in [0.29, 0.717) is 0 Å². The number of allylic oxidation sites excluding steroid dienone is 4. The van der Waals surface area contributed by atoms with Crippen molar-refractivity contribution in [2.45, 2.75) is 95.6 Å². The first-order valence-corrected chi connectivity index (χ1v) is 11.5. The number of hydrogen-bond acceptors (Lipinski definition) is 2. The third-order valence-electron chi connectivity index (χ3n) is 7.69. The fourth-order valence-electron chi connectivity index (χ4n) is 6.18. The van der Waals surface area contributed by atoms with Crippen LogP contribution in [-0.4, -0.2) is 25.2 Å². The van der Waals surface area contributed by atoms with Crippen LogP contribution in [0.15, 0.2) is 33.9 Å². The van der Waals surface area contributed by atoms with Crippen LogP contribution in [0.3, 0.4) is 0 Å². The van der Waals surface area contributed by atoms with Crippen LogP contribution in [-0.2, 0) is 0 Å². The third kappa shape index (κ3) is 4.72. The zero-order valence-corrected chi connectivity index (χ0v) is 18.9. The molecule has 0 radical (unpaired) electrons. The summed E-state index contributed by atoms with van der Waals surface area (Å²) in [6.45, 7) is 2.36. The lowest BCUT2D eigenvalue weighted by atomic mass is 9.93. The minimum Gasteiger partial charge on any atom is -0.314 e. The lowest BCUT2D eigenvalue weighted by molar-refractivity contribution is 0.348. The molecule has 0 aromatic heterocycles. The van der Waals surface area contributed by atoms with Crippen molar-refractivity contribution >= 4 is 24.8 Å². The van der Waals surface area contributed by atoms with E-state index in [2.05, 4.69) is 16.7 Å². The first kappa shape index (κ1) is 22.4. The Labute approximate surface area is 183 Å². The second-order valence-corrected chi connectivity index (χ2v) is 9.54. The van der Waals surface area contributed by atoms with Crippen molar-refractivity contribution in [1.82, 2.24) is 10.6 Å². The summed E-state index contributed by atoms with van der Waals surface area (Å²) in [5, 5.41) is 7.78. The van der Waals surface area contributed by atoms with Crippen LogP contribution < -0.4 is 10.6 Å². The molecule has 28 heavy (non-hydrogen) atoms. The van der Waals surface area contributed by atoms with E-state index < -0.39 is 0 Å². The Bertz CT molecular complexity index is 637. The fourth-order valence-corrected chi connectivity index (χ4v) is 6.18. The highest BCUT2D eigenvalue weighted by molar-refractivity contribution is 5.85. The molecule has 158 valence electrons. The lowest BCUT2D eigenvalue weighted by Crippen LogP contribution is -2.34. The summed E-state index contributed by atoms with van der Waals surface area (Å²) in [4.78, 5) is 0. The summed E-state index contributed by atoms with van der Waals surface area (Å²) in [5.41, 5.74) is 8.54. The van der Waals surface area contributed by atoms with E-state index in [4.69, 9.17) is 0 Å². The number of nitrogens with one attached hydrogen (secondary N) is 2. The predicted molar refractivity (Wildman–Crippen MR) is 124 cm³/mol. The first-order valence-electron chi connectivity index (χ1n) is 11.5. The van der Waals surface area contributed by atoms with Gasteiger partial charge in [0.1, 0.15) is 0 Å². The zero-order valence-electron chi connectivity index (χ0n) is 17.2. The molecule has 0 saturated heterocycles. The fraction of sp³-hybridized carbons (Fsp3) is 0.750. The quantitative estimate of drug-likeness (QED) is 0.544. The van der Waals surface area contributed by atoms with Crippen molar-refractivity contribution in [2.24, 2.45) is 5.92 Å². The van der Waals surface area contributed by atoms with Gasteiger partial charge in [-0.2, -0.15) is 0 Å². The normalized spacial score (nSPS) is 27.6. The zero-order chi connectivity index (χ0) is 17.3. The van der Waals surface area contributed by atoms with Gasteiger partial charge in [0.25, 0.3) is 0 Å². The Kier molecular flexibility index (Phi) is 8.13. The highest BCUT2D eigenvalue weighted by Crippen LogP contribution is 2.52. The van der Waals surface area contributed by atoms with Crippen molar-refractivity contribution in [3.8, 4) is 0 Å². The van der Waals surface area contributed by atoms with Crippen LogP contribution in [0, 0.1) is 5.92 Å². The van der Waals surface area contributed by atoms with E-state index >= 15 is 0 Å². The molecular formula is C24H38Cl2N2. The SMILES string of the molecule is C1=C2CC(=C1CNC1CCCCC1)C1=C2CC(CNC2CCCCC2)C1.Cl.Cl. The highest BCUT2D eigenvalue weighted by atomic mass is 35.5. The van der Waals surface area contributed by atoms with Crippen LogP contribution in [0.4, 0.5) is 0 Å². The molecule has 2 N–H and O–H groups in total. The molecule has 0 aliphatic heterocycles. The molecular weight excluding hydrogens is 387 g/mol. The average Bonchev–Trinajstić information content (AvgIpc) is 3.38. The Morgan fingerprint density at radius 3 is 2.00 bits per heavy atom. The molecule has 5 rings (SSSR count). The molecule has 2 nitrogen and oxygen atoms in total. The maximum absolute atomic E-state index is 3.91. The number of hydrogen-bond donors (Lipinski definition) is 2. The van der Waals surface area contributed by atoms with Gasteiger partial charge in [-0.3, -0.25) is 0 Å². The molecule has 5 aliphatic rings. The molecule has 2 fully saturated rings. The standard InChI is InChI=1S/C24H36N2.2ClH/c1-3-7-20(8-4-1)25-15-17-11-22-18-13-19(23(14-18)24(22)12-17)16-26-21-9-5-2-6-10-21;;/h13,17,20-21,25-26H,1-12,14-16H2;2*1H. The van der Waals surface area contributed by atoms with E-state index in [1.165, 1.54) is 90.0 Å². The van der Waals surface area contributed by atoms with E-state index in [1.54, 1.807) is 27.9 Å². The molecule has 2 bridgehead atoms. The van der Waals surface area contributed by atoms with Gasteiger partial charge < -0.3 is 10.6 Å². The topological polar surface area (TPSA) is 24.1 Å². The molecule has 2 saturated carbocycles. The third-order valence-corrected chi connectivity index (χ3v) is 7.69. The molecule has 0 amide bonds. The Balaban J connectivity index is 0.00000112. The Morgan fingerprint density at radius 1 is 0.714 bits per heavy atom. The average molecular weight is 425 g/mol. The molecule has 4 heteroatoms. The maximum Gasteiger partial charge on any atom is 0.0211 e. The van der Waals surface area contributed by atoms with Crippen LogP contribution in [0.2, 0.25) is 0 Å². The highest BCUT2D eigenvalue weighted by Gasteiger charge is 2.37. The number of fused-ring (bicyclic) bond motifs is 4. The summed E-state index contributed by atoms with van der Waals surface area (Å²) < 4.78 is 0. The van der Waals surface area contributed by atoms with Gasteiger partial charge in [0.2, 0.25) is 0 Å². The van der Waals surface area contributed by atoms with Crippen molar-refractivity contribution in [3.63, 3.8) is 0 Å². The predicted octanol–water partition coefficient (Wildman–Crippen LogP) is 6.02. The summed E-state index contributed by atoms with van der Waals surface area (Å²) in [5.74, 6) is 0.853. The minimum atomic E-state index is 0. The van der Waals surface area contributed by atoms with Crippen LogP contribution in [0.25, 0.3) is 0 Å². The smallest absolute Gasteiger partial charge is 0.0211 e. The molecule has 1 unspecified atom stereocenters. The maximum atomic E-state index is 3.91. The largest absolute Gasteiger partial charge is 0.314 e. The van der Waals surface area contributed by atoms with Crippen LogP contribution >= 0.6 is 24.8 Å². The van der Waals surface area contributed by atoms with Crippen molar-refractivity contribution in [2.75, 3.05) is 13.1 Å². The lowest BCUT2D eigenvalue weighted by Gasteiger charge is -2.25. The van der Waals surface area contributed by atoms with Gasteiger partial charge in [-0.05, 0) is 85.3 Å². The summed E-state index contributed by atoms with van der Waals surface area (Å²) in [7, 11) is 0. The van der Waals surface area contributed by atoms with Gasteiger partial charge in [0.15, 0.2) is 0 Å². The van der Waals surface area contributed by atoms with Gasteiger partial charge in [-0.25, -0.2) is 0 Å². The summed E-state index contributed by atoms with van der Waals surface area (Å²) >= 11 is 0. The van der Waals surface area contributed by atoms with Crippen LogP contribution in [0.5, 0.6) is 0 Å². The minimum absolute atomic E-state index is 0. The van der Waals surface area contributed by atoms with Crippen molar-refractivity contribution in [1.29, 1.82) is 0 Å². The second-order valence-electron chi connectivity index (χ2n) is 9.54. The van der Waals surface area contributed by atoms with Gasteiger partial charge in [-0.15, -0.1) is 24.8 Å². The van der Waals surface area contributed by atoms with Gasteiger partial charge >= 0.3 is 0 Å². The Morgan fingerprint density at radius 2 is 1.32 bits per heavy atom. The Hall–Kier alpha value is -0.280. The van der Waals surface area contributed by atoms with Gasteiger partial charge in [0.05, 0.1) is 0 Å². The molecule has 0 aromatic carbocycles. The van der Waals surface area contributed by atoms with E-state index in [9.17, 15) is 0 Å². The molecule has 5 aliphatic carbocycles. The summed E-state index contributed by atoms with van der Waals surface area (Å²) in [6.07, 6.45) is 20.7. The van der Waals surface area contributed by atoms with Gasteiger partial charge in [-0.1, -0.05) is 44.6 Å². The molecule has 0 spiro atoms. The van der Waals surface area contributed by atoms with Crippen LogP contribution in [0.1, 0.15) is 83.5 Å². The van der Waals surface area contributed by atoms with Gasteiger partial charge in [0, 0.05) is 18.6 Å². The van der Waals surface area contributed by atoms with E-state index in [1.807, 2.05) is 0 Å². The van der Waals surface area contributed by atoms with E-state index in [-0.39, 0.29) is 24.8 Å². The first-order chi connectivity index (χ1) is 12.9. The molecule has 0 heterocycles. The van der Waals surface area contributed by atoms with Crippen molar-refractivity contribution < 1.29 is 0 Å². The monoisotopic (exact) mass is 424 g/mol. The molecule has 0 aromatic rings.